The maximum atomic E-state index is 12.5. The van der Waals surface area contributed by atoms with E-state index in [2.05, 4.69) is 21.2 Å². The summed E-state index contributed by atoms with van der Waals surface area (Å²) in [4.78, 5) is 12.9. The lowest BCUT2D eigenvalue weighted by molar-refractivity contribution is 0.0917. The van der Waals surface area contributed by atoms with Crippen LogP contribution in [0.1, 0.15) is 48.9 Å². The van der Waals surface area contributed by atoms with Crippen LogP contribution in [0.2, 0.25) is 5.02 Å². The van der Waals surface area contributed by atoms with E-state index >= 15 is 0 Å². The van der Waals surface area contributed by atoms with Crippen LogP contribution in [0.3, 0.4) is 0 Å². The van der Waals surface area contributed by atoms with Crippen molar-refractivity contribution < 1.29 is 4.79 Å². The molecule has 6 heteroatoms. The predicted octanol–water partition coefficient (Wildman–Crippen LogP) is 4.21. The first-order valence-electron chi connectivity index (χ1n) is 7.02. The van der Waals surface area contributed by atoms with Crippen LogP contribution < -0.4 is 11.1 Å². The van der Waals surface area contributed by atoms with Gasteiger partial charge >= 0.3 is 0 Å². The van der Waals surface area contributed by atoms with Gasteiger partial charge in [0.2, 0.25) is 0 Å². The number of carbonyl (C=O) groups is 1. The second kappa shape index (κ2) is 7.07. The van der Waals surface area contributed by atoms with Crippen molar-refractivity contribution in [2.24, 2.45) is 5.73 Å². The number of hydrogen-bond donors (Lipinski definition) is 2. The number of amides is 1. The van der Waals surface area contributed by atoms with Crippen molar-refractivity contribution in [1.82, 2.24) is 5.32 Å². The first-order valence-corrected chi connectivity index (χ1v) is 8.60. The fraction of sp³-hybridized carbons (Fsp3) is 0.467. The molecular weight excluding hydrogens is 372 g/mol. The van der Waals surface area contributed by atoms with Gasteiger partial charge in [0.15, 0.2) is 0 Å². The molecule has 114 valence electrons. The Kier molecular flexibility index (Phi) is 5.63. The zero-order chi connectivity index (χ0) is 15.5. The summed E-state index contributed by atoms with van der Waals surface area (Å²) in [6.45, 7) is 0. The Morgan fingerprint density at radius 3 is 2.43 bits per heavy atom. The standard InChI is InChI=1S/C15H18BrClN2OS/c16-10-5-6-11(12(17)9-10)13(20)19-15(14(18)21)7-3-1-2-4-8-15/h5-6,9H,1-4,7-8H2,(H2,18,21)(H,19,20). The Bertz CT molecular complexity index is 557. The average Bonchev–Trinajstić information content (AvgIpc) is 2.65. The van der Waals surface area contributed by atoms with Crippen LogP contribution >= 0.6 is 39.7 Å². The fourth-order valence-electron chi connectivity index (χ4n) is 2.72. The summed E-state index contributed by atoms with van der Waals surface area (Å²) in [6, 6.07) is 5.20. The molecule has 0 unspecified atom stereocenters. The Balaban J connectivity index is 2.24. The molecule has 0 saturated heterocycles. The van der Waals surface area contributed by atoms with Crippen LogP contribution in [-0.4, -0.2) is 16.4 Å². The van der Waals surface area contributed by atoms with Crippen LogP contribution in [0.25, 0.3) is 0 Å². The number of carbonyl (C=O) groups excluding carboxylic acids is 1. The van der Waals surface area contributed by atoms with Crippen LogP contribution in [-0.2, 0) is 0 Å². The third kappa shape index (κ3) is 3.96. The van der Waals surface area contributed by atoms with Crippen LogP contribution in [0, 0.1) is 0 Å². The summed E-state index contributed by atoms with van der Waals surface area (Å²) >= 11 is 14.7. The Morgan fingerprint density at radius 1 is 1.29 bits per heavy atom. The molecule has 21 heavy (non-hydrogen) atoms. The molecular formula is C15H18BrClN2OS. The molecule has 0 aromatic heterocycles. The monoisotopic (exact) mass is 388 g/mol. The lowest BCUT2D eigenvalue weighted by Crippen LogP contribution is -2.56. The van der Waals surface area contributed by atoms with E-state index in [1.54, 1.807) is 18.2 Å². The van der Waals surface area contributed by atoms with E-state index < -0.39 is 5.54 Å². The largest absolute Gasteiger partial charge is 0.391 e. The summed E-state index contributed by atoms with van der Waals surface area (Å²) in [6.07, 6.45) is 5.93. The lowest BCUT2D eigenvalue weighted by atomic mass is 9.89. The Morgan fingerprint density at radius 2 is 1.90 bits per heavy atom. The van der Waals surface area contributed by atoms with Crippen molar-refractivity contribution in [1.29, 1.82) is 0 Å². The van der Waals surface area contributed by atoms with Gasteiger partial charge < -0.3 is 11.1 Å². The average molecular weight is 390 g/mol. The van der Waals surface area contributed by atoms with Crippen LogP contribution in [0.15, 0.2) is 22.7 Å². The number of hydrogen-bond acceptors (Lipinski definition) is 2. The molecule has 0 spiro atoms. The van der Waals surface area contributed by atoms with Crippen molar-refractivity contribution in [2.75, 3.05) is 0 Å². The molecule has 0 heterocycles. The van der Waals surface area contributed by atoms with Gasteiger partial charge in [-0.15, -0.1) is 0 Å². The molecule has 0 aliphatic heterocycles. The number of nitrogens with one attached hydrogen (secondary N) is 1. The molecule has 3 N–H and O–H groups in total. The number of nitrogens with two attached hydrogens (primary N) is 1. The maximum absolute atomic E-state index is 12.5. The van der Waals surface area contributed by atoms with Crippen LogP contribution in [0.4, 0.5) is 0 Å². The van der Waals surface area contributed by atoms with Crippen molar-refractivity contribution in [3.8, 4) is 0 Å². The molecule has 0 radical (unpaired) electrons. The summed E-state index contributed by atoms with van der Waals surface area (Å²) in [7, 11) is 0. The number of halogens is 2. The molecule has 1 aromatic rings. The van der Waals surface area contributed by atoms with Gasteiger partial charge in [-0.25, -0.2) is 0 Å². The molecule has 1 amide bonds. The molecule has 0 bridgehead atoms. The van der Waals surface area contributed by atoms with Crippen molar-refractivity contribution in [2.45, 2.75) is 44.1 Å². The maximum Gasteiger partial charge on any atom is 0.253 e. The van der Waals surface area contributed by atoms with Gasteiger partial charge in [-0.2, -0.15) is 0 Å². The summed E-state index contributed by atoms with van der Waals surface area (Å²) in [5.41, 5.74) is 5.80. The minimum Gasteiger partial charge on any atom is -0.391 e. The van der Waals surface area contributed by atoms with E-state index in [4.69, 9.17) is 29.6 Å². The zero-order valence-corrected chi connectivity index (χ0v) is 14.8. The second-order valence-corrected chi connectivity index (χ2v) is 7.20. The first-order chi connectivity index (χ1) is 9.94. The highest BCUT2D eigenvalue weighted by atomic mass is 79.9. The van der Waals surface area contributed by atoms with Crippen molar-refractivity contribution in [3.63, 3.8) is 0 Å². The normalized spacial score (nSPS) is 17.8. The first kappa shape index (κ1) is 16.7. The lowest BCUT2D eigenvalue weighted by Gasteiger charge is -2.33. The highest BCUT2D eigenvalue weighted by Gasteiger charge is 2.36. The van der Waals surface area contributed by atoms with Gasteiger partial charge in [-0.3, -0.25) is 4.79 Å². The highest BCUT2D eigenvalue weighted by Crippen LogP contribution is 2.29. The van der Waals surface area contributed by atoms with E-state index in [0.29, 0.717) is 15.6 Å². The van der Waals surface area contributed by atoms with E-state index in [-0.39, 0.29) is 5.91 Å². The quantitative estimate of drug-likeness (QED) is 0.601. The van der Waals surface area contributed by atoms with E-state index in [0.717, 1.165) is 43.0 Å². The predicted molar refractivity (Wildman–Crippen MR) is 93.8 cm³/mol. The Hall–Kier alpha value is -0.650. The van der Waals surface area contributed by atoms with Crippen molar-refractivity contribution >= 4 is 50.6 Å². The van der Waals surface area contributed by atoms with Gasteiger partial charge in [-0.1, -0.05) is 65.4 Å². The third-order valence-electron chi connectivity index (χ3n) is 3.96. The topological polar surface area (TPSA) is 55.1 Å². The number of thiocarbonyl (C=S) groups is 1. The van der Waals surface area contributed by atoms with Gasteiger partial charge in [-0.05, 0) is 31.0 Å². The van der Waals surface area contributed by atoms with Gasteiger partial charge in [0.25, 0.3) is 5.91 Å². The molecule has 2 rings (SSSR count). The molecule has 0 atom stereocenters. The van der Waals surface area contributed by atoms with Gasteiger partial charge in [0.1, 0.15) is 0 Å². The molecule has 1 fully saturated rings. The Labute approximate surface area is 143 Å². The minimum absolute atomic E-state index is 0.220. The minimum atomic E-state index is -0.584. The third-order valence-corrected chi connectivity index (χ3v) is 5.15. The molecule has 1 aliphatic rings. The van der Waals surface area contributed by atoms with Gasteiger partial charge in [0.05, 0.1) is 21.1 Å². The van der Waals surface area contributed by atoms with Crippen molar-refractivity contribution in [3.05, 3.63) is 33.3 Å². The van der Waals surface area contributed by atoms with E-state index in [9.17, 15) is 4.79 Å². The SMILES string of the molecule is NC(=S)C1(NC(=O)c2ccc(Br)cc2Cl)CCCCCC1. The number of rotatable bonds is 3. The molecule has 3 nitrogen and oxygen atoms in total. The van der Waals surface area contributed by atoms with E-state index in [1.165, 1.54) is 0 Å². The smallest absolute Gasteiger partial charge is 0.253 e. The fourth-order valence-corrected chi connectivity index (χ4v) is 3.74. The van der Waals surface area contributed by atoms with E-state index in [1.807, 2.05) is 0 Å². The summed E-state index contributed by atoms with van der Waals surface area (Å²) in [5, 5.41) is 3.45. The zero-order valence-electron chi connectivity index (χ0n) is 11.6. The van der Waals surface area contributed by atoms with Crippen LogP contribution in [0.5, 0.6) is 0 Å². The molecule has 1 aliphatic carbocycles. The number of benzene rings is 1. The second-order valence-electron chi connectivity index (χ2n) is 5.44. The molecule has 1 saturated carbocycles. The highest BCUT2D eigenvalue weighted by molar-refractivity contribution is 9.10. The summed E-state index contributed by atoms with van der Waals surface area (Å²) < 4.78 is 0.836. The van der Waals surface area contributed by atoms with Gasteiger partial charge in [0, 0.05) is 4.47 Å². The molecule has 1 aromatic carbocycles. The summed E-state index contributed by atoms with van der Waals surface area (Å²) in [5.74, 6) is -0.220.